The molecule has 0 amide bonds. The topological polar surface area (TPSA) is 92.0 Å². The van der Waals surface area contributed by atoms with Gasteiger partial charge in [0.05, 0.1) is 0 Å². The molecule has 0 fully saturated rings. The Bertz CT molecular complexity index is 6.00. The molecule has 0 bridgehead atoms. The normalized spacial score (nSPS) is 0. The largest absolute Gasteiger partial charge is 2.00 e. The van der Waals surface area contributed by atoms with Crippen molar-refractivity contribution >= 4 is 0 Å². The molecular formula is H3MnNO2-4. The molecule has 0 heterocycles. The Kier molecular flexibility index (Phi) is 9770. The maximum atomic E-state index is 0. The Morgan fingerprint density at radius 1 is 0.750 bits per heavy atom. The van der Waals surface area contributed by atoms with E-state index in [0.717, 1.165) is 0 Å². The fourth-order valence-electron chi connectivity index (χ4n) is 0. The van der Waals surface area contributed by atoms with Crippen molar-refractivity contribution in [2.75, 3.05) is 0 Å². The molecule has 0 unspecified atom stereocenters. The zero-order chi connectivity index (χ0) is 0. The molecule has 31 valence electrons. The Balaban J connectivity index is 0. The van der Waals surface area contributed by atoms with E-state index in [2.05, 4.69) is 0 Å². The minimum absolute atomic E-state index is 0. The van der Waals surface area contributed by atoms with Gasteiger partial charge in [0.25, 0.3) is 0 Å². The zero-order valence-electron chi connectivity index (χ0n) is 1.90. The van der Waals surface area contributed by atoms with E-state index in [4.69, 9.17) is 0 Å². The molecule has 4 heteroatoms. The van der Waals surface area contributed by atoms with E-state index in [1.54, 1.807) is 0 Å². The minimum Gasteiger partial charge on any atom is -2.00 e. The standard InChI is InChI=1S/Mn.H3N.2O/h;1H3;;/q;;2*-2. The molecular weight excluding hydrogens is 101 g/mol. The predicted octanol–water partition coefficient (Wildman–Crippen LogP) is -0.0781. The Labute approximate surface area is 35.1 Å². The predicted molar refractivity (Wildman–Crippen MR) is 6.40 cm³/mol. The van der Waals surface area contributed by atoms with Gasteiger partial charge in [-0.25, -0.2) is 0 Å². The maximum absolute atomic E-state index is 0. The van der Waals surface area contributed by atoms with Crippen LogP contribution >= 0.6 is 0 Å². The van der Waals surface area contributed by atoms with Crippen LogP contribution in [0.15, 0.2) is 0 Å². The Morgan fingerprint density at radius 2 is 0.750 bits per heavy atom. The fraction of sp³-hybridized carbons (Fsp3) is 0. The van der Waals surface area contributed by atoms with Crippen molar-refractivity contribution in [3.8, 4) is 0 Å². The summed E-state index contributed by atoms with van der Waals surface area (Å²) < 4.78 is 0. The second-order valence-electron chi connectivity index (χ2n) is 0. The molecule has 0 spiro atoms. The van der Waals surface area contributed by atoms with Crippen LogP contribution in [0.25, 0.3) is 0 Å². The van der Waals surface area contributed by atoms with Crippen LogP contribution in [0.1, 0.15) is 0 Å². The molecule has 0 aromatic rings. The van der Waals surface area contributed by atoms with Crippen LogP contribution in [-0.4, -0.2) is 0 Å². The molecule has 0 rings (SSSR count). The zero-order valence-corrected chi connectivity index (χ0v) is 3.08. The molecule has 0 aromatic carbocycles. The first-order valence-electron chi connectivity index (χ1n) is 0. The van der Waals surface area contributed by atoms with Crippen LogP contribution in [0.2, 0.25) is 0 Å². The molecule has 1 radical (unpaired) electrons. The van der Waals surface area contributed by atoms with Gasteiger partial charge in [0.1, 0.15) is 0 Å². The van der Waals surface area contributed by atoms with Gasteiger partial charge >= 0.3 is 0 Å². The van der Waals surface area contributed by atoms with Crippen LogP contribution in [-0.2, 0) is 28.0 Å². The van der Waals surface area contributed by atoms with E-state index in [-0.39, 0.29) is 34.2 Å². The first kappa shape index (κ1) is 319. The van der Waals surface area contributed by atoms with Gasteiger partial charge in [-0.05, 0) is 0 Å². The summed E-state index contributed by atoms with van der Waals surface area (Å²) in [6.07, 6.45) is 0. The van der Waals surface area contributed by atoms with Gasteiger partial charge in [-0.3, -0.25) is 0 Å². The van der Waals surface area contributed by atoms with Crippen molar-refractivity contribution in [2.45, 2.75) is 0 Å². The van der Waals surface area contributed by atoms with Gasteiger partial charge in [-0.15, -0.1) is 0 Å². The van der Waals surface area contributed by atoms with Gasteiger partial charge in [0.2, 0.25) is 0 Å². The molecule has 0 saturated heterocycles. The van der Waals surface area contributed by atoms with Gasteiger partial charge < -0.3 is 17.1 Å². The summed E-state index contributed by atoms with van der Waals surface area (Å²) >= 11 is 0. The van der Waals surface area contributed by atoms with Crippen LogP contribution in [0.3, 0.4) is 0 Å². The molecule has 0 aliphatic carbocycles. The molecule has 0 aromatic heterocycles. The summed E-state index contributed by atoms with van der Waals surface area (Å²) in [7, 11) is 0. The summed E-state index contributed by atoms with van der Waals surface area (Å²) in [6.45, 7) is 0. The third-order valence-electron chi connectivity index (χ3n) is 0. The first-order valence-corrected chi connectivity index (χ1v) is 0. The number of hydrogen-bond acceptors (Lipinski definition) is 1. The van der Waals surface area contributed by atoms with Crippen LogP contribution < -0.4 is 6.15 Å². The van der Waals surface area contributed by atoms with Crippen LogP contribution in [0.5, 0.6) is 0 Å². The van der Waals surface area contributed by atoms with Gasteiger partial charge in [-0.1, -0.05) is 0 Å². The summed E-state index contributed by atoms with van der Waals surface area (Å²) in [5.41, 5.74) is 0. The average molecular weight is 104 g/mol. The van der Waals surface area contributed by atoms with Crippen molar-refractivity contribution in [3.05, 3.63) is 0 Å². The van der Waals surface area contributed by atoms with E-state index in [1.165, 1.54) is 0 Å². The molecule has 0 atom stereocenters. The van der Waals surface area contributed by atoms with Crippen molar-refractivity contribution in [3.63, 3.8) is 0 Å². The first-order chi connectivity index (χ1) is 0. The number of hydrogen-bond donors (Lipinski definition) is 1. The van der Waals surface area contributed by atoms with Crippen LogP contribution in [0.4, 0.5) is 0 Å². The quantitative estimate of drug-likeness (QED) is 0.427. The molecule has 4 heavy (non-hydrogen) atoms. The van der Waals surface area contributed by atoms with Crippen LogP contribution in [0, 0.1) is 0 Å². The Hall–Kier alpha value is 0.399. The summed E-state index contributed by atoms with van der Waals surface area (Å²) in [5.74, 6) is 0. The molecule has 0 aliphatic rings. The van der Waals surface area contributed by atoms with E-state index in [9.17, 15) is 0 Å². The van der Waals surface area contributed by atoms with Crippen molar-refractivity contribution in [2.24, 2.45) is 0 Å². The third-order valence-corrected chi connectivity index (χ3v) is 0. The summed E-state index contributed by atoms with van der Waals surface area (Å²) in [6, 6.07) is 0. The van der Waals surface area contributed by atoms with E-state index in [0.29, 0.717) is 0 Å². The SMILES string of the molecule is N.[Mn].[O-2].[O-2]. The summed E-state index contributed by atoms with van der Waals surface area (Å²) in [4.78, 5) is 0. The van der Waals surface area contributed by atoms with E-state index < -0.39 is 0 Å². The second-order valence-corrected chi connectivity index (χ2v) is 0. The fourth-order valence-corrected chi connectivity index (χ4v) is 0. The Morgan fingerprint density at radius 3 is 0.750 bits per heavy atom. The van der Waals surface area contributed by atoms with Crippen molar-refractivity contribution in [1.82, 2.24) is 6.15 Å². The molecule has 0 saturated carbocycles. The molecule has 0 aliphatic heterocycles. The molecule has 3 N–H and O–H groups in total. The maximum Gasteiger partial charge on any atom is 0 e. The van der Waals surface area contributed by atoms with Gasteiger partial charge in [0.15, 0.2) is 0 Å². The minimum atomic E-state index is 0. The summed E-state index contributed by atoms with van der Waals surface area (Å²) in [5, 5.41) is 0. The van der Waals surface area contributed by atoms with Gasteiger partial charge in [0, 0.05) is 17.1 Å². The van der Waals surface area contributed by atoms with E-state index in [1.807, 2.05) is 0 Å². The van der Waals surface area contributed by atoms with E-state index >= 15 is 0 Å². The average Bonchev–Trinajstić information content (AvgIpc) is 0. The smallest absolute Gasteiger partial charge is 0 e. The number of rotatable bonds is 0. The van der Waals surface area contributed by atoms with Gasteiger partial charge in [-0.2, -0.15) is 0 Å². The second kappa shape index (κ2) is 123. The van der Waals surface area contributed by atoms with Crippen molar-refractivity contribution < 1.29 is 28.0 Å². The monoisotopic (exact) mass is 104 g/mol. The van der Waals surface area contributed by atoms with Crippen molar-refractivity contribution in [1.29, 1.82) is 0 Å². The third kappa shape index (κ3) is 29.4. The molecule has 3 nitrogen and oxygen atoms in total.